The molecule has 2 heterocycles. The van der Waals surface area contributed by atoms with Gasteiger partial charge in [-0.25, -0.2) is 13.1 Å². The molecule has 6 atom stereocenters. The van der Waals surface area contributed by atoms with E-state index in [2.05, 4.69) is 33.9 Å². The minimum Gasteiger partial charge on any atom is -0.490 e. The smallest absolute Gasteiger partial charge is 0.264 e. The Kier molecular flexibility index (Phi) is 9.53. The molecule has 6 unspecified atom stereocenters. The zero-order chi connectivity index (χ0) is 31.8. The first-order chi connectivity index (χ1) is 21.6. The van der Waals surface area contributed by atoms with Crippen LogP contribution in [0.15, 0.2) is 48.6 Å². The van der Waals surface area contributed by atoms with Crippen molar-refractivity contribution in [1.82, 2.24) is 4.72 Å². The highest BCUT2D eigenvalue weighted by Crippen LogP contribution is 2.47. The number of hydrogen-bond donors (Lipinski definition) is 1. The van der Waals surface area contributed by atoms with Crippen molar-refractivity contribution in [2.45, 2.75) is 57.5 Å². The molecule has 1 spiro atoms. The first kappa shape index (κ1) is 32.4. The van der Waals surface area contributed by atoms with Gasteiger partial charge in [-0.2, -0.15) is 0 Å². The second-order valence-corrected chi connectivity index (χ2v) is 15.8. The summed E-state index contributed by atoms with van der Waals surface area (Å²) in [5, 5.41) is 0.743. The van der Waals surface area contributed by atoms with Crippen molar-refractivity contribution < 1.29 is 27.4 Å². The first-order valence-electron chi connectivity index (χ1n) is 16.2. The van der Waals surface area contributed by atoms with Crippen molar-refractivity contribution in [2.24, 2.45) is 23.7 Å². The molecule has 6 rings (SSSR count). The number of hydrogen-bond acceptors (Lipinski definition) is 7. The van der Waals surface area contributed by atoms with Crippen LogP contribution >= 0.6 is 11.6 Å². The molecular formula is C35H45ClN2O6S. The Labute approximate surface area is 272 Å². The van der Waals surface area contributed by atoms with Gasteiger partial charge in [0.15, 0.2) is 0 Å². The highest BCUT2D eigenvalue weighted by Gasteiger charge is 2.44. The number of carbonyl (C=O) groups is 1. The van der Waals surface area contributed by atoms with Gasteiger partial charge in [0.25, 0.3) is 5.91 Å². The Morgan fingerprint density at radius 3 is 2.73 bits per heavy atom. The number of allylic oxidation sites excluding steroid dienone is 1. The van der Waals surface area contributed by atoms with Crippen molar-refractivity contribution in [3.05, 3.63) is 70.3 Å². The number of carbonyl (C=O) groups excluding carboxylic acids is 1. The van der Waals surface area contributed by atoms with Gasteiger partial charge in [0.2, 0.25) is 10.0 Å². The number of methoxy groups -OCH3 is 1. The Morgan fingerprint density at radius 2 is 1.96 bits per heavy atom. The average Bonchev–Trinajstić information content (AvgIpc) is 3.13. The molecule has 8 nitrogen and oxygen atoms in total. The van der Waals surface area contributed by atoms with E-state index in [9.17, 15) is 13.2 Å². The molecule has 0 saturated heterocycles. The first-order valence-corrected chi connectivity index (χ1v) is 18.2. The monoisotopic (exact) mass is 656 g/mol. The molecule has 2 bridgehead atoms. The molecule has 2 aromatic carbocycles. The van der Waals surface area contributed by atoms with Crippen molar-refractivity contribution >= 4 is 33.2 Å². The van der Waals surface area contributed by atoms with E-state index in [-0.39, 0.29) is 29.1 Å². The highest BCUT2D eigenvalue weighted by molar-refractivity contribution is 7.90. The van der Waals surface area contributed by atoms with Gasteiger partial charge in [0.1, 0.15) is 5.75 Å². The molecule has 244 valence electrons. The van der Waals surface area contributed by atoms with Crippen molar-refractivity contribution in [3.63, 3.8) is 0 Å². The molecule has 0 radical (unpaired) electrons. The van der Waals surface area contributed by atoms with Gasteiger partial charge in [-0.1, -0.05) is 43.7 Å². The van der Waals surface area contributed by atoms with Crippen molar-refractivity contribution in [3.8, 4) is 5.75 Å². The Morgan fingerprint density at radius 1 is 1.11 bits per heavy atom. The number of halogens is 1. The van der Waals surface area contributed by atoms with Crippen LogP contribution in [0.5, 0.6) is 5.75 Å². The summed E-state index contributed by atoms with van der Waals surface area (Å²) in [5.41, 5.74) is 3.42. The lowest BCUT2D eigenvalue weighted by molar-refractivity contribution is -0.0311. The molecule has 1 saturated carbocycles. The summed E-state index contributed by atoms with van der Waals surface area (Å²) in [6.07, 6.45) is 9.25. The summed E-state index contributed by atoms with van der Waals surface area (Å²) in [6.45, 7) is 6.94. The quantitative estimate of drug-likeness (QED) is 0.330. The predicted octanol–water partition coefficient (Wildman–Crippen LogP) is 5.77. The van der Waals surface area contributed by atoms with Crippen LogP contribution in [0.2, 0.25) is 5.02 Å². The molecule has 1 amide bonds. The van der Waals surface area contributed by atoms with Gasteiger partial charge < -0.3 is 19.1 Å². The molecule has 2 aliphatic carbocycles. The number of benzene rings is 2. The summed E-state index contributed by atoms with van der Waals surface area (Å²) in [5.74, 6) is 0.394. The standard InChI is InChI=1S/C35H45ClN2O6S/c1-23-6-12-32(43-16-15-42-3)29-10-7-27(29)19-38-21-35(14-4-5-25-17-28(36)9-11-30(25)35)22-44-33-13-8-26(18-31(33)38)34(39)37-45(40,41)20-24(23)2/h6,8-9,11-13,17-18,23-24,27,29,32H,4-5,7,10,14-16,19-22H2,1-3H3,(H,37,39)/b12-6+. The van der Waals surface area contributed by atoms with Crippen LogP contribution in [0.3, 0.4) is 0 Å². The maximum atomic E-state index is 13.4. The normalized spacial score (nSPS) is 31.9. The van der Waals surface area contributed by atoms with Gasteiger partial charge in [-0.3, -0.25) is 4.79 Å². The summed E-state index contributed by atoms with van der Waals surface area (Å²) in [7, 11) is -2.19. The van der Waals surface area contributed by atoms with E-state index in [0.717, 1.165) is 55.9 Å². The van der Waals surface area contributed by atoms with Crippen molar-refractivity contribution in [1.29, 1.82) is 0 Å². The summed E-state index contributed by atoms with van der Waals surface area (Å²) in [6, 6.07) is 11.5. The van der Waals surface area contributed by atoms with E-state index in [1.54, 1.807) is 13.2 Å². The lowest BCUT2D eigenvalue weighted by Gasteiger charge is -2.46. The lowest BCUT2D eigenvalue weighted by Crippen LogP contribution is -2.49. The molecule has 45 heavy (non-hydrogen) atoms. The fourth-order valence-corrected chi connectivity index (χ4v) is 9.27. The van der Waals surface area contributed by atoms with Gasteiger partial charge in [0.05, 0.1) is 37.4 Å². The van der Waals surface area contributed by atoms with Crippen molar-refractivity contribution in [2.75, 3.05) is 50.7 Å². The minimum absolute atomic E-state index is 0.0231. The third-order valence-electron chi connectivity index (χ3n) is 10.5. The van der Waals surface area contributed by atoms with E-state index in [1.165, 1.54) is 11.1 Å². The fourth-order valence-electron chi connectivity index (χ4n) is 7.60. The molecule has 1 fully saturated rings. The van der Waals surface area contributed by atoms with Crippen LogP contribution in [0.4, 0.5) is 5.69 Å². The molecule has 1 N–H and O–H groups in total. The Hall–Kier alpha value is -2.59. The summed E-state index contributed by atoms with van der Waals surface area (Å²) >= 11 is 6.43. The third-order valence-corrected chi connectivity index (χ3v) is 12.2. The number of aryl methyl sites for hydroxylation is 1. The van der Waals surface area contributed by atoms with Gasteiger partial charge in [-0.05, 0) is 97.2 Å². The van der Waals surface area contributed by atoms with Crippen LogP contribution in [0, 0.1) is 23.7 Å². The van der Waals surface area contributed by atoms with E-state index >= 15 is 0 Å². The number of amides is 1. The second kappa shape index (κ2) is 13.3. The molecule has 0 aromatic heterocycles. The van der Waals surface area contributed by atoms with E-state index < -0.39 is 15.9 Å². The third kappa shape index (κ3) is 6.92. The number of anilines is 1. The Bertz CT molecular complexity index is 1550. The number of nitrogens with zero attached hydrogens (tertiary/aromatic N) is 1. The van der Waals surface area contributed by atoms with Crippen LogP contribution < -0.4 is 14.4 Å². The lowest BCUT2D eigenvalue weighted by atomic mass is 9.68. The van der Waals surface area contributed by atoms with Gasteiger partial charge >= 0.3 is 0 Å². The van der Waals surface area contributed by atoms with E-state index in [0.29, 0.717) is 43.0 Å². The topological polar surface area (TPSA) is 94.2 Å². The largest absolute Gasteiger partial charge is 0.490 e. The van der Waals surface area contributed by atoms with E-state index in [1.807, 2.05) is 32.0 Å². The maximum Gasteiger partial charge on any atom is 0.264 e. The number of sulfonamides is 1. The van der Waals surface area contributed by atoms with Gasteiger partial charge in [-0.15, -0.1) is 0 Å². The van der Waals surface area contributed by atoms with Crippen LogP contribution in [0.1, 0.15) is 61.0 Å². The molecule has 10 heteroatoms. The second-order valence-electron chi connectivity index (χ2n) is 13.6. The van der Waals surface area contributed by atoms with Crippen LogP contribution in [-0.2, 0) is 31.3 Å². The summed E-state index contributed by atoms with van der Waals surface area (Å²) < 4.78 is 46.9. The van der Waals surface area contributed by atoms with Crippen LogP contribution in [-0.4, -0.2) is 66.2 Å². The maximum absolute atomic E-state index is 13.4. The Balaban J connectivity index is 1.41. The van der Waals surface area contributed by atoms with Crippen LogP contribution in [0.25, 0.3) is 0 Å². The molecule has 4 aliphatic rings. The molecule has 2 aromatic rings. The SMILES string of the molecule is COCCOC1/C=C/C(C)C(C)CS(=O)(=O)NC(=O)c2ccc3c(c2)N(CC2CCC21)CC1(CCCc2cc(Cl)ccc21)CO3. The summed E-state index contributed by atoms with van der Waals surface area (Å²) in [4.78, 5) is 15.8. The number of ether oxygens (including phenoxy) is 3. The zero-order valence-electron chi connectivity index (χ0n) is 26.5. The highest BCUT2D eigenvalue weighted by atomic mass is 35.5. The number of rotatable bonds is 4. The zero-order valence-corrected chi connectivity index (χ0v) is 28.0. The molecule has 2 aliphatic heterocycles. The number of fused-ring (bicyclic) bond motifs is 4. The number of nitrogens with one attached hydrogen (secondary N) is 1. The fraction of sp³-hybridized carbons (Fsp3) is 0.571. The van der Waals surface area contributed by atoms with Gasteiger partial charge in [0, 0.05) is 36.2 Å². The van der Waals surface area contributed by atoms with E-state index in [4.69, 9.17) is 25.8 Å². The predicted molar refractivity (Wildman–Crippen MR) is 177 cm³/mol. The molecular weight excluding hydrogens is 612 g/mol. The minimum atomic E-state index is -3.87. The average molecular weight is 657 g/mol.